The van der Waals surface area contributed by atoms with Gasteiger partial charge in [-0.05, 0) is 48.0 Å². The summed E-state index contributed by atoms with van der Waals surface area (Å²) in [7, 11) is 0. The van der Waals surface area contributed by atoms with Crippen molar-refractivity contribution in [3.63, 3.8) is 0 Å². The summed E-state index contributed by atoms with van der Waals surface area (Å²) in [4.78, 5) is 35.8. The molecule has 3 aromatic rings. The first-order valence-electron chi connectivity index (χ1n) is 9.49. The van der Waals surface area contributed by atoms with Gasteiger partial charge in [0.25, 0.3) is 11.8 Å². The predicted molar refractivity (Wildman–Crippen MR) is 126 cm³/mol. The molecule has 1 heterocycles. The highest BCUT2D eigenvalue weighted by atomic mass is 35.5. The molecule has 0 fully saturated rings. The number of imide groups is 1. The SMILES string of the molecule is O=C(CSCc1c(Cl)cccc1Cl)Nc1cccc(Oc2ccc3c(c2)C(=O)NC3=O)c1. The maximum Gasteiger partial charge on any atom is 0.259 e. The van der Waals surface area contributed by atoms with Crippen molar-refractivity contribution in [1.29, 1.82) is 0 Å². The van der Waals surface area contributed by atoms with Crippen molar-refractivity contribution < 1.29 is 19.1 Å². The molecule has 4 rings (SSSR count). The summed E-state index contributed by atoms with van der Waals surface area (Å²) in [5.74, 6) is 0.572. The Bertz CT molecular complexity index is 1210. The van der Waals surface area contributed by atoms with Crippen LogP contribution >= 0.6 is 35.0 Å². The summed E-state index contributed by atoms with van der Waals surface area (Å²) in [6.45, 7) is 0. The van der Waals surface area contributed by atoms with Crippen molar-refractivity contribution in [3.05, 3.63) is 87.4 Å². The van der Waals surface area contributed by atoms with Crippen LogP contribution in [0.5, 0.6) is 11.5 Å². The number of ether oxygens (including phenoxy) is 1. The molecule has 6 nitrogen and oxygen atoms in total. The summed E-state index contributed by atoms with van der Waals surface area (Å²) >= 11 is 13.7. The molecule has 1 aliphatic rings. The molecule has 2 N–H and O–H groups in total. The van der Waals surface area contributed by atoms with E-state index in [4.69, 9.17) is 27.9 Å². The van der Waals surface area contributed by atoms with E-state index < -0.39 is 11.8 Å². The number of anilines is 1. The van der Waals surface area contributed by atoms with E-state index in [1.807, 2.05) is 0 Å². The van der Waals surface area contributed by atoms with Crippen LogP contribution in [0.15, 0.2) is 60.7 Å². The number of carbonyl (C=O) groups is 3. The minimum atomic E-state index is -0.452. The van der Waals surface area contributed by atoms with E-state index in [-0.39, 0.29) is 17.2 Å². The van der Waals surface area contributed by atoms with Crippen LogP contribution in [0.25, 0.3) is 0 Å². The van der Waals surface area contributed by atoms with Crippen LogP contribution in [0.3, 0.4) is 0 Å². The van der Waals surface area contributed by atoms with E-state index in [1.165, 1.54) is 17.8 Å². The zero-order chi connectivity index (χ0) is 22.7. The van der Waals surface area contributed by atoms with Crippen LogP contribution in [0.2, 0.25) is 10.0 Å². The maximum atomic E-state index is 12.3. The molecular weight excluding hydrogens is 471 g/mol. The van der Waals surface area contributed by atoms with Crippen molar-refractivity contribution >= 4 is 58.4 Å². The minimum Gasteiger partial charge on any atom is -0.457 e. The van der Waals surface area contributed by atoms with E-state index in [9.17, 15) is 14.4 Å². The first-order chi connectivity index (χ1) is 15.4. The molecule has 32 heavy (non-hydrogen) atoms. The average molecular weight is 487 g/mol. The van der Waals surface area contributed by atoms with E-state index >= 15 is 0 Å². The third kappa shape index (κ3) is 5.07. The lowest BCUT2D eigenvalue weighted by Crippen LogP contribution is -2.19. The van der Waals surface area contributed by atoms with Gasteiger partial charge < -0.3 is 10.1 Å². The van der Waals surface area contributed by atoms with Gasteiger partial charge in [-0.2, -0.15) is 0 Å². The topological polar surface area (TPSA) is 84.5 Å². The molecule has 0 radical (unpaired) electrons. The third-order valence-electron chi connectivity index (χ3n) is 4.60. The molecule has 3 aromatic carbocycles. The highest BCUT2D eigenvalue weighted by Gasteiger charge is 2.27. The number of hydrogen-bond donors (Lipinski definition) is 2. The van der Waals surface area contributed by atoms with Gasteiger partial charge in [0.2, 0.25) is 5.91 Å². The molecule has 0 bridgehead atoms. The lowest BCUT2D eigenvalue weighted by Gasteiger charge is -2.10. The van der Waals surface area contributed by atoms with Crippen LogP contribution in [0, 0.1) is 0 Å². The number of hydrogen-bond acceptors (Lipinski definition) is 5. The second-order valence-corrected chi connectivity index (χ2v) is 8.66. The fourth-order valence-corrected chi connectivity index (χ4v) is 4.66. The first-order valence-corrected chi connectivity index (χ1v) is 11.4. The molecule has 1 aliphatic heterocycles. The van der Waals surface area contributed by atoms with Crippen molar-refractivity contribution in [2.45, 2.75) is 5.75 Å². The largest absolute Gasteiger partial charge is 0.457 e. The van der Waals surface area contributed by atoms with Gasteiger partial charge >= 0.3 is 0 Å². The van der Waals surface area contributed by atoms with Crippen LogP contribution in [-0.2, 0) is 10.5 Å². The first kappa shape index (κ1) is 22.2. The second-order valence-electron chi connectivity index (χ2n) is 6.86. The van der Waals surface area contributed by atoms with Gasteiger partial charge in [-0.3, -0.25) is 19.7 Å². The highest BCUT2D eigenvalue weighted by Crippen LogP contribution is 2.29. The van der Waals surface area contributed by atoms with Crippen LogP contribution in [0.1, 0.15) is 26.3 Å². The predicted octanol–water partition coefficient (Wildman–Crippen LogP) is 5.54. The van der Waals surface area contributed by atoms with Crippen LogP contribution in [-0.4, -0.2) is 23.5 Å². The molecular formula is C23H16Cl2N2O4S. The fraction of sp³-hybridized carbons (Fsp3) is 0.0870. The monoisotopic (exact) mass is 486 g/mol. The fourth-order valence-electron chi connectivity index (χ4n) is 3.10. The summed E-state index contributed by atoms with van der Waals surface area (Å²) in [6, 6.07) is 16.8. The third-order valence-corrected chi connectivity index (χ3v) is 6.27. The Morgan fingerprint density at radius 3 is 2.38 bits per heavy atom. The molecule has 0 aromatic heterocycles. The van der Waals surface area contributed by atoms with Crippen molar-refractivity contribution in [1.82, 2.24) is 5.32 Å². The number of halogens is 2. The van der Waals surface area contributed by atoms with Gasteiger partial charge in [0.1, 0.15) is 11.5 Å². The number of benzene rings is 3. The van der Waals surface area contributed by atoms with Gasteiger partial charge in [0.05, 0.1) is 16.9 Å². The number of rotatable bonds is 7. The second kappa shape index (κ2) is 9.65. The number of nitrogens with one attached hydrogen (secondary N) is 2. The van der Waals surface area contributed by atoms with Crippen LogP contribution < -0.4 is 15.4 Å². The molecule has 0 saturated heterocycles. The molecule has 0 unspecified atom stereocenters. The zero-order valence-electron chi connectivity index (χ0n) is 16.5. The van der Waals surface area contributed by atoms with Crippen molar-refractivity contribution in [2.75, 3.05) is 11.1 Å². The average Bonchev–Trinajstić information content (AvgIpc) is 3.03. The molecule has 162 valence electrons. The van der Waals surface area contributed by atoms with Crippen molar-refractivity contribution in [3.8, 4) is 11.5 Å². The van der Waals surface area contributed by atoms with Gasteiger partial charge in [-0.1, -0.05) is 35.3 Å². The van der Waals surface area contributed by atoms with E-state index in [0.717, 1.165) is 5.56 Å². The summed E-state index contributed by atoms with van der Waals surface area (Å²) < 4.78 is 5.80. The quantitative estimate of drug-likeness (QED) is 0.428. The number of amides is 3. The number of thioether (sulfide) groups is 1. The smallest absolute Gasteiger partial charge is 0.259 e. The maximum absolute atomic E-state index is 12.3. The molecule has 0 spiro atoms. The van der Waals surface area contributed by atoms with E-state index in [2.05, 4.69) is 10.6 Å². The highest BCUT2D eigenvalue weighted by molar-refractivity contribution is 7.99. The normalized spacial score (nSPS) is 12.3. The number of fused-ring (bicyclic) bond motifs is 1. The zero-order valence-corrected chi connectivity index (χ0v) is 18.8. The Hall–Kier alpha value is -3.00. The van der Waals surface area contributed by atoms with Gasteiger partial charge in [-0.25, -0.2) is 0 Å². The molecule has 0 aliphatic carbocycles. The van der Waals surface area contributed by atoms with Crippen LogP contribution in [0.4, 0.5) is 5.69 Å². The summed E-state index contributed by atoms with van der Waals surface area (Å²) in [5, 5.41) is 6.21. The Balaban J connectivity index is 1.35. The molecule has 0 atom stereocenters. The van der Waals surface area contributed by atoms with Gasteiger partial charge in [0, 0.05) is 27.6 Å². The number of carbonyl (C=O) groups excluding carboxylic acids is 3. The molecule has 0 saturated carbocycles. The standard InChI is InChI=1S/C23H16Cl2N2O4S/c24-19-5-2-6-20(25)18(19)11-32-12-21(28)26-13-3-1-4-14(9-13)31-15-7-8-16-17(10-15)23(30)27-22(16)29/h1-10H,11-12H2,(H,26,28)(H,27,29,30). The summed E-state index contributed by atoms with van der Waals surface area (Å²) in [6.07, 6.45) is 0. The summed E-state index contributed by atoms with van der Waals surface area (Å²) in [5.41, 5.74) is 1.96. The Kier molecular flexibility index (Phi) is 6.69. The Morgan fingerprint density at radius 1 is 0.906 bits per heavy atom. The van der Waals surface area contributed by atoms with E-state index in [0.29, 0.717) is 38.5 Å². The van der Waals surface area contributed by atoms with Crippen molar-refractivity contribution in [2.24, 2.45) is 0 Å². The lowest BCUT2D eigenvalue weighted by molar-refractivity contribution is -0.113. The Morgan fingerprint density at radius 2 is 1.59 bits per heavy atom. The Labute approximate surface area is 198 Å². The lowest BCUT2D eigenvalue weighted by atomic mass is 10.1. The minimum absolute atomic E-state index is 0.178. The van der Waals surface area contributed by atoms with Gasteiger partial charge in [0.15, 0.2) is 0 Å². The van der Waals surface area contributed by atoms with Gasteiger partial charge in [-0.15, -0.1) is 11.8 Å². The molecule has 9 heteroatoms. The van der Waals surface area contributed by atoms with E-state index in [1.54, 1.807) is 54.6 Å². The molecule has 3 amide bonds.